The Balaban J connectivity index is 3.76. The molecule has 0 aliphatic rings. The van der Waals surface area contributed by atoms with Crippen LogP contribution in [0.25, 0.3) is 0 Å². The Kier molecular flexibility index (Phi) is 5.23. The van der Waals surface area contributed by atoms with Crippen molar-refractivity contribution in [2.24, 2.45) is 0 Å². The molecule has 14 heavy (non-hydrogen) atoms. The number of carbonyl (C=O) groups is 1. The van der Waals surface area contributed by atoms with E-state index in [1.807, 2.05) is 20.8 Å². The second-order valence-electron chi connectivity index (χ2n) is 3.91. The van der Waals surface area contributed by atoms with Crippen molar-refractivity contribution in [3.8, 4) is 0 Å². The van der Waals surface area contributed by atoms with Gasteiger partial charge in [-0.05, 0) is 27.7 Å². The SMILES string of the molecule is C=CCO[C@@H](C)NC(=O)OC(C)(C)C. The van der Waals surface area contributed by atoms with Crippen molar-refractivity contribution in [3.05, 3.63) is 12.7 Å². The fourth-order valence-electron chi connectivity index (χ4n) is 0.728. The van der Waals surface area contributed by atoms with E-state index < -0.39 is 11.7 Å². The first-order chi connectivity index (χ1) is 6.35. The predicted molar refractivity (Wildman–Crippen MR) is 55.0 cm³/mol. The van der Waals surface area contributed by atoms with Crippen LogP contribution in [0.15, 0.2) is 12.7 Å². The Hall–Kier alpha value is -1.03. The van der Waals surface area contributed by atoms with Gasteiger partial charge in [0.15, 0.2) is 0 Å². The topological polar surface area (TPSA) is 47.6 Å². The summed E-state index contributed by atoms with van der Waals surface area (Å²) in [6.45, 7) is 11.1. The number of amides is 1. The molecule has 0 aliphatic heterocycles. The van der Waals surface area contributed by atoms with E-state index in [1.54, 1.807) is 13.0 Å². The third-order valence-corrected chi connectivity index (χ3v) is 1.18. The Morgan fingerprint density at radius 3 is 2.57 bits per heavy atom. The highest BCUT2D eigenvalue weighted by atomic mass is 16.6. The van der Waals surface area contributed by atoms with Gasteiger partial charge >= 0.3 is 6.09 Å². The van der Waals surface area contributed by atoms with E-state index in [4.69, 9.17) is 9.47 Å². The zero-order valence-corrected chi connectivity index (χ0v) is 9.29. The van der Waals surface area contributed by atoms with E-state index in [9.17, 15) is 4.79 Å². The minimum absolute atomic E-state index is 0.372. The quantitative estimate of drug-likeness (QED) is 0.559. The number of nitrogens with one attached hydrogen (secondary N) is 1. The fourth-order valence-corrected chi connectivity index (χ4v) is 0.728. The van der Waals surface area contributed by atoms with Crippen molar-refractivity contribution in [1.82, 2.24) is 5.32 Å². The summed E-state index contributed by atoms with van der Waals surface area (Å²) in [7, 11) is 0. The van der Waals surface area contributed by atoms with Crippen LogP contribution in [-0.4, -0.2) is 24.5 Å². The van der Waals surface area contributed by atoms with Gasteiger partial charge in [-0.3, -0.25) is 5.32 Å². The van der Waals surface area contributed by atoms with Gasteiger partial charge < -0.3 is 9.47 Å². The van der Waals surface area contributed by atoms with E-state index in [2.05, 4.69) is 11.9 Å². The molecule has 1 atom stereocenters. The number of rotatable bonds is 4. The molecule has 1 N–H and O–H groups in total. The van der Waals surface area contributed by atoms with E-state index in [0.29, 0.717) is 6.61 Å². The maximum Gasteiger partial charge on any atom is 0.409 e. The molecule has 0 bridgehead atoms. The largest absolute Gasteiger partial charge is 0.444 e. The lowest BCUT2D eigenvalue weighted by Gasteiger charge is -2.21. The average molecular weight is 201 g/mol. The molecule has 0 aromatic rings. The molecule has 4 nitrogen and oxygen atoms in total. The number of ether oxygens (including phenoxy) is 2. The van der Waals surface area contributed by atoms with Crippen LogP contribution < -0.4 is 5.32 Å². The fraction of sp³-hybridized carbons (Fsp3) is 0.700. The third kappa shape index (κ3) is 7.61. The van der Waals surface area contributed by atoms with Crippen LogP contribution in [0, 0.1) is 0 Å². The second-order valence-corrected chi connectivity index (χ2v) is 3.91. The third-order valence-electron chi connectivity index (χ3n) is 1.18. The van der Waals surface area contributed by atoms with Gasteiger partial charge in [-0.1, -0.05) is 6.08 Å². The Morgan fingerprint density at radius 1 is 1.57 bits per heavy atom. The van der Waals surface area contributed by atoms with Crippen LogP contribution in [0.3, 0.4) is 0 Å². The molecule has 0 heterocycles. The first-order valence-corrected chi connectivity index (χ1v) is 4.57. The van der Waals surface area contributed by atoms with Crippen molar-refractivity contribution < 1.29 is 14.3 Å². The molecule has 82 valence electrons. The van der Waals surface area contributed by atoms with Crippen LogP contribution in [0.1, 0.15) is 27.7 Å². The van der Waals surface area contributed by atoms with Crippen molar-refractivity contribution >= 4 is 6.09 Å². The molecule has 0 spiro atoms. The van der Waals surface area contributed by atoms with Gasteiger partial charge in [0.2, 0.25) is 0 Å². The van der Waals surface area contributed by atoms with Crippen molar-refractivity contribution in [1.29, 1.82) is 0 Å². The van der Waals surface area contributed by atoms with E-state index in [0.717, 1.165) is 0 Å². The number of hydrogen-bond acceptors (Lipinski definition) is 3. The summed E-state index contributed by atoms with van der Waals surface area (Å²) >= 11 is 0. The molecule has 1 amide bonds. The normalized spacial score (nSPS) is 13.1. The van der Waals surface area contributed by atoms with Crippen LogP contribution in [-0.2, 0) is 9.47 Å². The van der Waals surface area contributed by atoms with Gasteiger partial charge in [-0.2, -0.15) is 0 Å². The van der Waals surface area contributed by atoms with Gasteiger partial charge in [0, 0.05) is 0 Å². The van der Waals surface area contributed by atoms with Crippen LogP contribution in [0.2, 0.25) is 0 Å². The maximum absolute atomic E-state index is 11.2. The molecule has 0 rings (SSSR count). The highest BCUT2D eigenvalue weighted by Crippen LogP contribution is 2.06. The van der Waals surface area contributed by atoms with E-state index >= 15 is 0 Å². The van der Waals surface area contributed by atoms with Crippen LogP contribution in [0.4, 0.5) is 4.79 Å². The molecule has 0 aromatic carbocycles. The number of hydrogen-bond donors (Lipinski definition) is 1. The van der Waals surface area contributed by atoms with Gasteiger partial charge in [0.1, 0.15) is 11.8 Å². The average Bonchev–Trinajstić information content (AvgIpc) is 1.96. The zero-order valence-electron chi connectivity index (χ0n) is 9.29. The Bertz CT molecular complexity index is 196. The van der Waals surface area contributed by atoms with E-state index in [-0.39, 0.29) is 6.23 Å². The molecule has 0 saturated heterocycles. The minimum Gasteiger partial charge on any atom is -0.444 e. The summed E-state index contributed by atoms with van der Waals surface area (Å²) in [5.74, 6) is 0. The first kappa shape index (κ1) is 13.0. The number of alkyl carbamates (subject to hydrolysis) is 1. The lowest BCUT2D eigenvalue weighted by molar-refractivity contribution is 0.0212. The van der Waals surface area contributed by atoms with Crippen LogP contribution in [0.5, 0.6) is 0 Å². The zero-order chi connectivity index (χ0) is 11.2. The van der Waals surface area contributed by atoms with Gasteiger partial charge in [0.25, 0.3) is 0 Å². The molecule has 0 aliphatic carbocycles. The lowest BCUT2D eigenvalue weighted by atomic mass is 10.2. The van der Waals surface area contributed by atoms with Crippen molar-refractivity contribution in [2.45, 2.75) is 39.5 Å². The number of carbonyl (C=O) groups excluding carboxylic acids is 1. The Morgan fingerprint density at radius 2 is 2.14 bits per heavy atom. The predicted octanol–water partition coefficient (Wildman–Crippen LogP) is 2.06. The Labute approximate surface area is 85.3 Å². The highest BCUT2D eigenvalue weighted by molar-refractivity contribution is 5.67. The summed E-state index contributed by atoms with van der Waals surface area (Å²) in [5, 5.41) is 2.54. The van der Waals surface area contributed by atoms with Gasteiger partial charge in [-0.25, -0.2) is 4.79 Å². The molecule has 0 saturated carbocycles. The summed E-state index contributed by atoms with van der Waals surface area (Å²) in [6.07, 6.45) is 0.768. The smallest absolute Gasteiger partial charge is 0.409 e. The summed E-state index contributed by atoms with van der Waals surface area (Å²) in [5.41, 5.74) is -0.484. The van der Waals surface area contributed by atoms with E-state index in [1.165, 1.54) is 0 Å². The van der Waals surface area contributed by atoms with Crippen molar-refractivity contribution in [3.63, 3.8) is 0 Å². The summed E-state index contributed by atoms with van der Waals surface area (Å²) in [4.78, 5) is 11.2. The summed E-state index contributed by atoms with van der Waals surface area (Å²) < 4.78 is 10.2. The standard InChI is InChI=1S/C10H19NO3/c1-6-7-13-8(2)11-9(12)14-10(3,4)5/h6,8H,1,7H2,2-5H3,(H,11,12)/t8-/m0/s1. The highest BCUT2D eigenvalue weighted by Gasteiger charge is 2.17. The molecule has 0 radical (unpaired) electrons. The van der Waals surface area contributed by atoms with Gasteiger partial charge in [-0.15, -0.1) is 6.58 Å². The first-order valence-electron chi connectivity index (χ1n) is 4.57. The molecule has 0 aromatic heterocycles. The molecular formula is C10H19NO3. The second kappa shape index (κ2) is 5.65. The molecule has 4 heteroatoms. The van der Waals surface area contributed by atoms with Gasteiger partial charge in [0.05, 0.1) is 6.61 Å². The molecular weight excluding hydrogens is 182 g/mol. The van der Waals surface area contributed by atoms with Crippen LogP contribution >= 0.6 is 0 Å². The summed E-state index contributed by atoms with van der Waals surface area (Å²) in [6, 6.07) is 0. The molecule has 0 fully saturated rings. The molecule has 0 unspecified atom stereocenters. The minimum atomic E-state index is -0.484. The maximum atomic E-state index is 11.2. The lowest BCUT2D eigenvalue weighted by Crippen LogP contribution is -2.38. The monoisotopic (exact) mass is 201 g/mol. The van der Waals surface area contributed by atoms with Crippen molar-refractivity contribution in [2.75, 3.05) is 6.61 Å².